The number of amides is 2. The number of carbonyl (C=O) groups excluding carboxylic acids is 4. The third-order valence-corrected chi connectivity index (χ3v) is 7.30. The number of nitrogens with zero attached hydrogens (tertiary/aromatic N) is 3. The number of aromatic nitrogens is 2. The molecule has 0 radical (unpaired) electrons. The molecule has 2 aliphatic heterocycles. The zero-order valence-electron chi connectivity index (χ0n) is 22.1. The number of hydrogen-bond acceptors (Lipinski definition) is 8. The van der Waals surface area contributed by atoms with Crippen molar-refractivity contribution in [2.24, 2.45) is 11.8 Å². The Labute approximate surface area is 221 Å². The quantitative estimate of drug-likeness (QED) is 0.465. The van der Waals surface area contributed by atoms with Crippen molar-refractivity contribution in [2.75, 3.05) is 20.1 Å². The van der Waals surface area contributed by atoms with Gasteiger partial charge in [0.05, 0.1) is 24.6 Å². The molecule has 2 aliphatic rings. The minimum absolute atomic E-state index is 0.0406. The van der Waals surface area contributed by atoms with Crippen molar-refractivity contribution in [3.63, 3.8) is 0 Å². The van der Waals surface area contributed by atoms with Gasteiger partial charge in [0.1, 0.15) is 18.3 Å². The molecule has 1 aromatic heterocycles. The van der Waals surface area contributed by atoms with Gasteiger partial charge in [0, 0.05) is 25.9 Å². The molecule has 38 heavy (non-hydrogen) atoms. The van der Waals surface area contributed by atoms with E-state index >= 15 is 0 Å². The summed E-state index contributed by atoms with van der Waals surface area (Å²) in [4.78, 5) is 60.1. The maximum atomic E-state index is 13.8. The van der Waals surface area contributed by atoms with E-state index in [2.05, 4.69) is 20.6 Å². The van der Waals surface area contributed by atoms with E-state index in [9.17, 15) is 19.2 Å². The molecule has 2 N–H and O–H groups in total. The topological polar surface area (TPSA) is 137 Å². The van der Waals surface area contributed by atoms with Gasteiger partial charge in [-0.25, -0.2) is 4.98 Å². The number of benzene rings is 1. The normalized spacial score (nSPS) is 26.1. The van der Waals surface area contributed by atoms with Crippen molar-refractivity contribution in [1.29, 1.82) is 0 Å². The first-order chi connectivity index (χ1) is 18.0. The lowest BCUT2D eigenvalue weighted by atomic mass is 9.55. The Morgan fingerprint density at radius 1 is 1.13 bits per heavy atom. The Hall–Kier alpha value is -3.80. The molecule has 5 atom stereocenters. The Morgan fingerprint density at radius 3 is 2.53 bits per heavy atom. The molecule has 1 aromatic carbocycles. The molecule has 0 aliphatic carbocycles. The average Bonchev–Trinajstić information content (AvgIpc) is 3.13. The van der Waals surface area contributed by atoms with E-state index in [0.29, 0.717) is 13.0 Å². The molecule has 2 aromatic rings. The van der Waals surface area contributed by atoms with E-state index in [0.717, 1.165) is 5.56 Å². The van der Waals surface area contributed by atoms with Crippen LogP contribution in [-0.2, 0) is 30.1 Å². The average molecular weight is 523 g/mol. The summed E-state index contributed by atoms with van der Waals surface area (Å²) in [7, 11) is 1.82. The fraction of sp³-hybridized carbons (Fsp3) is 0.462. The van der Waals surface area contributed by atoms with Gasteiger partial charge < -0.3 is 24.3 Å². The molecule has 4 rings (SSSR count). The van der Waals surface area contributed by atoms with Gasteiger partial charge in [-0.1, -0.05) is 44.2 Å². The summed E-state index contributed by atoms with van der Waals surface area (Å²) in [5.41, 5.74) is 0.908. The van der Waals surface area contributed by atoms with Crippen molar-refractivity contribution >= 4 is 30.4 Å². The maximum Gasteiger partial charge on any atom is 0.604 e. The first-order valence-electron chi connectivity index (χ1n) is 12.9. The van der Waals surface area contributed by atoms with Crippen LogP contribution in [0.5, 0.6) is 0 Å². The molecular weight excluding hydrogens is 489 g/mol. The number of carbonyl (C=O) groups is 4. The predicted molar refractivity (Wildman–Crippen MR) is 138 cm³/mol. The van der Waals surface area contributed by atoms with Gasteiger partial charge in [0.25, 0.3) is 11.9 Å². The molecule has 2 amide bonds. The Bertz CT molecular complexity index is 1200. The highest BCUT2D eigenvalue weighted by Gasteiger charge is 2.68. The van der Waals surface area contributed by atoms with E-state index in [1.165, 1.54) is 18.6 Å². The fourth-order valence-electron chi connectivity index (χ4n) is 5.55. The monoisotopic (exact) mass is 523 g/mol. The van der Waals surface area contributed by atoms with Crippen LogP contribution in [0.2, 0.25) is 0 Å². The number of likely N-dealkylation sites (N-methyl/N-ethyl adjacent to an activating group) is 1. The van der Waals surface area contributed by atoms with Crippen LogP contribution in [0.25, 0.3) is 0 Å². The number of fused-ring (bicyclic) bond motifs is 1. The van der Waals surface area contributed by atoms with Gasteiger partial charge in [-0.3, -0.25) is 24.2 Å². The van der Waals surface area contributed by atoms with Gasteiger partial charge in [-0.2, -0.15) is 0 Å². The van der Waals surface area contributed by atoms with E-state index in [4.69, 9.17) is 9.31 Å². The summed E-state index contributed by atoms with van der Waals surface area (Å²) >= 11 is 0. The van der Waals surface area contributed by atoms with Crippen LogP contribution in [-0.4, -0.2) is 76.9 Å². The third kappa shape index (κ3) is 5.54. The molecule has 0 saturated carbocycles. The summed E-state index contributed by atoms with van der Waals surface area (Å²) in [6.45, 7) is 3.50. The Balaban J connectivity index is 1.65. The minimum atomic E-state index is -2.59. The molecule has 202 valence electrons. The molecule has 0 bridgehead atoms. The van der Waals surface area contributed by atoms with Crippen molar-refractivity contribution < 1.29 is 32.9 Å². The standard InChI is InChI=1S/C26H34BN5O6/c1-17(2)12-22(27-32(4,16-23(33)37-27)15-18(3)26(36)38-27)31-24(34)20(13-19-8-6-5-7-9-19)30-25(35)21-14-28-10-11-29-21/h5-11,14,17-18,20,22H,12-13,15-16H2,1-4H3,(H,30,35)(H,31,34)/t18-,20+,22+,27?,32?/m1/s1. The van der Waals surface area contributed by atoms with Crippen molar-refractivity contribution in [3.05, 3.63) is 60.2 Å². The Kier molecular flexibility index (Phi) is 7.82. The third-order valence-electron chi connectivity index (χ3n) is 7.30. The maximum absolute atomic E-state index is 13.8. The van der Waals surface area contributed by atoms with Crippen LogP contribution in [0, 0.1) is 11.8 Å². The highest BCUT2D eigenvalue weighted by atomic mass is 16.7. The number of hydrogen-bond donors (Lipinski definition) is 2. The molecule has 3 heterocycles. The zero-order valence-corrected chi connectivity index (χ0v) is 22.1. The van der Waals surface area contributed by atoms with Crippen molar-refractivity contribution in [2.45, 2.75) is 45.6 Å². The lowest BCUT2D eigenvalue weighted by molar-refractivity contribution is -0.818. The number of quaternary nitrogens is 1. The SMILES string of the molecule is CC(C)C[C@H](NC(=O)[C@H](Cc1ccccc1)NC(=O)c1cnccn1)[B-]12OC(=O)C[N+]1(C)C[C@@H](C)C(=O)O2. The smallest absolute Gasteiger partial charge is 0.603 e. The molecule has 11 nitrogen and oxygen atoms in total. The second-order valence-corrected chi connectivity index (χ2v) is 10.9. The van der Waals surface area contributed by atoms with Crippen LogP contribution < -0.4 is 10.6 Å². The molecule has 2 saturated heterocycles. The summed E-state index contributed by atoms with van der Waals surface area (Å²) < 4.78 is 11.8. The molecule has 2 unspecified atom stereocenters. The van der Waals surface area contributed by atoms with E-state index in [1.54, 1.807) is 6.92 Å². The fourth-order valence-corrected chi connectivity index (χ4v) is 5.55. The van der Waals surface area contributed by atoms with Crippen LogP contribution in [0.4, 0.5) is 0 Å². The van der Waals surface area contributed by atoms with Crippen LogP contribution >= 0.6 is 0 Å². The number of nitrogens with one attached hydrogen (secondary N) is 2. The van der Waals surface area contributed by atoms with Gasteiger partial charge in [-0.05, 0) is 24.8 Å². The van der Waals surface area contributed by atoms with Crippen LogP contribution in [0.1, 0.15) is 43.2 Å². The van der Waals surface area contributed by atoms with E-state index < -0.39 is 48.3 Å². The van der Waals surface area contributed by atoms with Gasteiger partial charge in [0.15, 0.2) is 0 Å². The van der Waals surface area contributed by atoms with Gasteiger partial charge in [0.2, 0.25) is 5.91 Å². The summed E-state index contributed by atoms with van der Waals surface area (Å²) in [6.07, 6.45) is 4.76. The Morgan fingerprint density at radius 2 is 1.87 bits per heavy atom. The largest absolute Gasteiger partial charge is 0.604 e. The second-order valence-electron chi connectivity index (χ2n) is 10.9. The first kappa shape index (κ1) is 27.2. The molecule has 12 heteroatoms. The minimum Gasteiger partial charge on any atom is -0.603 e. The molecule has 2 fully saturated rings. The molecular formula is C26H34BN5O6. The van der Waals surface area contributed by atoms with Crippen LogP contribution in [0.3, 0.4) is 0 Å². The van der Waals surface area contributed by atoms with Crippen LogP contribution in [0.15, 0.2) is 48.9 Å². The highest BCUT2D eigenvalue weighted by molar-refractivity contribution is 6.67. The summed E-state index contributed by atoms with van der Waals surface area (Å²) in [5.74, 6) is -3.12. The summed E-state index contributed by atoms with van der Waals surface area (Å²) in [5, 5.41) is 5.77. The molecule has 0 spiro atoms. The lowest BCUT2D eigenvalue weighted by Gasteiger charge is -2.55. The summed E-state index contributed by atoms with van der Waals surface area (Å²) in [6, 6.07) is 8.30. The van der Waals surface area contributed by atoms with E-state index in [-0.39, 0.29) is 29.0 Å². The first-order valence-corrected chi connectivity index (χ1v) is 12.9. The van der Waals surface area contributed by atoms with Crippen molar-refractivity contribution in [3.8, 4) is 0 Å². The van der Waals surface area contributed by atoms with Gasteiger partial charge >= 0.3 is 12.7 Å². The van der Waals surface area contributed by atoms with E-state index in [1.807, 2.05) is 51.2 Å². The highest BCUT2D eigenvalue weighted by Crippen LogP contribution is 2.38. The lowest BCUT2D eigenvalue weighted by Crippen LogP contribution is -2.79. The number of rotatable bonds is 9. The second kappa shape index (κ2) is 10.9. The zero-order chi connectivity index (χ0) is 27.5. The van der Waals surface area contributed by atoms with Gasteiger partial charge in [-0.15, -0.1) is 0 Å². The predicted octanol–water partition coefficient (Wildman–Crippen LogP) is 1.02. The van der Waals surface area contributed by atoms with Crippen molar-refractivity contribution in [1.82, 2.24) is 20.6 Å².